The highest BCUT2D eigenvalue weighted by Crippen LogP contribution is 2.26. The van der Waals surface area contributed by atoms with Crippen LogP contribution in [0.25, 0.3) is 0 Å². The third-order valence-electron chi connectivity index (χ3n) is 5.37. The Bertz CT molecular complexity index is 570. The first-order valence-electron chi connectivity index (χ1n) is 9.65. The number of nitrogens with zero attached hydrogens (tertiary/aromatic N) is 5. The van der Waals surface area contributed by atoms with E-state index >= 15 is 0 Å². The molecule has 2 saturated heterocycles. The lowest BCUT2D eigenvalue weighted by molar-refractivity contribution is -0.132. The molecule has 1 aromatic heterocycles. The van der Waals surface area contributed by atoms with Crippen LogP contribution in [0.3, 0.4) is 0 Å². The molecule has 3 heterocycles. The van der Waals surface area contributed by atoms with Crippen LogP contribution in [0.2, 0.25) is 0 Å². The number of piperidine rings is 1. The Morgan fingerprint density at radius 1 is 1.20 bits per heavy atom. The zero-order valence-corrected chi connectivity index (χ0v) is 16.4. The molecule has 2 aliphatic heterocycles. The fourth-order valence-corrected chi connectivity index (χ4v) is 4.49. The minimum Gasteiger partial charge on any atom is -0.342 e. The van der Waals surface area contributed by atoms with Gasteiger partial charge in [0.2, 0.25) is 5.91 Å². The Hall–Kier alpha value is -1.08. The Balaban J connectivity index is 1.59. The summed E-state index contributed by atoms with van der Waals surface area (Å²) in [5, 5.41) is 8.94. The number of carbonyl (C=O) groups excluding carboxylic acids is 1. The Morgan fingerprint density at radius 2 is 2.00 bits per heavy atom. The quantitative estimate of drug-likeness (QED) is 0.694. The summed E-state index contributed by atoms with van der Waals surface area (Å²) in [6.07, 6.45) is 5.40. The Kier molecular flexibility index (Phi) is 6.76. The van der Waals surface area contributed by atoms with Crippen LogP contribution in [0.15, 0.2) is 0 Å². The van der Waals surface area contributed by atoms with Crippen LogP contribution in [0.5, 0.6) is 0 Å². The molecule has 0 unspecified atom stereocenters. The lowest BCUT2D eigenvalue weighted by Gasteiger charge is -2.32. The lowest BCUT2D eigenvalue weighted by atomic mass is 9.97. The number of amides is 1. The average Bonchev–Trinajstić information content (AvgIpc) is 3.26. The highest BCUT2D eigenvalue weighted by atomic mass is 32.2. The van der Waals surface area contributed by atoms with Gasteiger partial charge in [0.15, 0.2) is 0 Å². The molecule has 2 fully saturated rings. The molecular formula is C18H31N5OS. The molecule has 0 aliphatic carbocycles. The fraction of sp³-hybridized carbons (Fsp3) is 0.833. The summed E-state index contributed by atoms with van der Waals surface area (Å²) >= 11 is 1.84. The first-order valence-corrected chi connectivity index (χ1v) is 10.8. The largest absolute Gasteiger partial charge is 0.342 e. The summed E-state index contributed by atoms with van der Waals surface area (Å²) in [5.74, 6) is 4.73. The summed E-state index contributed by atoms with van der Waals surface area (Å²) in [5.41, 5.74) is 0. The molecule has 7 heteroatoms. The van der Waals surface area contributed by atoms with Crippen molar-refractivity contribution >= 4 is 17.7 Å². The second kappa shape index (κ2) is 9.03. The van der Waals surface area contributed by atoms with E-state index in [9.17, 15) is 4.79 Å². The van der Waals surface area contributed by atoms with E-state index in [1.54, 1.807) is 0 Å². The van der Waals surface area contributed by atoms with Crippen LogP contribution < -0.4 is 0 Å². The molecule has 1 amide bonds. The zero-order valence-electron chi connectivity index (χ0n) is 15.6. The molecule has 1 aromatic rings. The molecule has 0 N–H and O–H groups in total. The molecule has 25 heavy (non-hydrogen) atoms. The summed E-state index contributed by atoms with van der Waals surface area (Å²) in [6.45, 7) is 7.07. The number of hydrogen-bond acceptors (Lipinski definition) is 5. The van der Waals surface area contributed by atoms with E-state index in [1.165, 1.54) is 25.9 Å². The number of likely N-dealkylation sites (tertiary alicyclic amines) is 2. The van der Waals surface area contributed by atoms with Crippen molar-refractivity contribution in [2.75, 3.05) is 37.7 Å². The van der Waals surface area contributed by atoms with Crippen LogP contribution in [-0.2, 0) is 18.4 Å². The van der Waals surface area contributed by atoms with Gasteiger partial charge >= 0.3 is 0 Å². The van der Waals surface area contributed by atoms with Gasteiger partial charge in [-0.3, -0.25) is 9.69 Å². The monoisotopic (exact) mass is 365 g/mol. The van der Waals surface area contributed by atoms with E-state index in [4.69, 9.17) is 0 Å². The standard InChI is InChI=1S/C18H31N5OS/c1-3-25-12-8-17(24)23-11-6-7-15(13-23)18-20-19-16(21(18)2)14-22-9-4-5-10-22/h15H,3-14H2,1-2H3/t15-/m1/s1. The Labute approximate surface area is 155 Å². The molecule has 0 aromatic carbocycles. The van der Waals surface area contributed by atoms with Gasteiger partial charge in [-0.05, 0) is 44.5 Å². The maximum absolute atomic E-state index is 12.4. The van der Waals surface area contributed by atoms with Crippen molar-refractivity contribution in [2.24, 2.45) is 7.05 Å². The molecule has 0 spiro atoms. The molecule has 0 radical (unpaired) electrons. The number of carbonyl (C=O) groups is 1. The van der Waals surface area contributed by atoms with Crippen molar-refractivity contribution in [3.63, 3.8) is 0 Å². The predicted octanol–water partition coefficient (Wildman–Crippen LogP) is 2.26. The second-order valence-electron chi connectivity index (χ2n) is 7.14. The molecule has 3 rings (SSSR count). The molecule has 6 nitrogen and oxygen atoms in total. The van der Waals surface area contributed by atoms with Crippen LogP contribution in [-0.4, -0.2) is 68.2 Å². The second-order valence-corrected chi connectivity index (χ2v) is 8.54. The van der Waals surface area contributed by atoms with Gasteiger partial charge < -0.3 is 9.47 Å². The molecular weight excluding hydrogens is 334 g/mol. The maximum atomic E-state index is 12.4. The van der Waals surface area contributed by atoms with Gasteiger partial charge in [0.1, 0.15) is 11.6 Å². The molecule has 0 bridgehead atoms. The van der Waals surface area contributed by atoms with Crippen molar-refractivity contribution in [2.45, 2.75) is 51.5 Å². The van der Waals surface area contributed by atoms with Gasteiger partial charge in [-0.1, -0.05) is 6.92 Å². The van der Waals surface area contributed by atoms with E-state index in [0.29, 0.717) is 18.2 Å². The minimum atomic E-state index is 0.296. The van der Waals surface area contributed by atoms with Crippen molar-refractivity contribution in [3.8, 4) is 0 Å². The third kappa shape index (κ3) is 4.76. The number of rotatable bonds is 7. The molecule has 1 atom stereocenters. The molecule has 2 aliphatic rings. The van der Waals surface area contributed by atoms with E-state index in [0.717, 1.165) is 55.6 Å². The number of aromatic nitrogens is 3. The topological polar surface area (TPSA) is 54.3 Å². The minimum absolute atomic E-state index is 0.296. The first kappa shape index (κ1) is 18.7. The summed E-state index contributed by atoms with van der Waals surface area (Å²) < 4.78 is 2.17. The SMILES string of the molecule is CCSCCC(=O)N1CCC[C@@H](c2nnc(CN3CCCC3)n2C)C1. The number of hydrogen-bond donors (Lipinski definition) is 0. The predicted molar refractivity (Wildman–Crippen MR) is 102 cm³/mol. The van der Waals surface area contributed by atoms with Crippen LogP contribution in [0.1, 0.15) is 56.6 Å². The maximum Gasteiger partial charge on any atom is 0.223 e. The van der Waals surface area contributed by atoms with Crippen molar-refractivity contribution in [3.05, 3.63) is 11.6 Å². The summed E-state index contributed by atoms with van der Waals surface area (Å²) in [4.78, 5) is 16.9. The molecule has 0 saturated carbocycles. The van der Waals surface area contributed by atoms with Crippen LogP contribution in [0.4, 0.5) is 0 Å². The summed E-state index contributed by atoms with van der Waals surface area (Å²) in [7, 11) is 2.08. The third-order valence-corrected chi connectivity index (χ3v) is 6.27. The van der Waals surface area contributed by atoms with E-state index in [1.807, 2.05) is 16.7 Å². The van der Waals surface area contributed by atoms with Crippen molar-refractivity contribution < 1.29 is 4.79 Å². The highest BCUT2D eigenvalue weighted by Gasteiger charge is 2.28. The molecule has 140 valence electrons. The normalized spacial score (nSPS) is 21.8. The van der Waals surface area contributed by atoms with Gasteiger partial charge in [-0.2, -0.15) is 11.8 Å². The lowest BCUT2D eigenvalue weighted by Crippen LogP contribution is -2.39. The fourth-order valence-electron chi connectivity index (χ4n) is 3.89. The van der Waals surface area contributed by atoms with E-state index in [2.05, 4.69) is 33.6 Å². The van der Waals surface area contributed by atoms with E-state index in [-0.39, 0.29) is 0 Å². The van der Waals surface area contributed by atoms with Gasteiger partial charge in [-0.25, -0.2) is 0 Å². The average molecular weight is 366 g/mol. The van der Waals surface area contributed by atoms with Gasteiger partial charge in [0, 0.05) is 38.2 Å². The zero-order chi connectivity index (χ0) is 17.6. The highest BCUT2D eigenvalue weighted by molar-refractivity contribution is 7.99. The number of thioether (sulfide) groups is 1. The van der Waals surface area contributed by atoms with Crippen molar-refractivity contribution in [1.29, 1.82) is 0 Å². The van der Waals surface area contributed by atoms with Crippen LogP contribution >= 0.6 is 11.8 Å². The van der Waals surface area contributed by atoms with Gasteiger partial charge in [0.25, 0.3) is 0 Å². The van der Waals surface area contributed by atoms with Gasteiger partial charge in [-0.15, -0.1) is 10.2 Å². The van der Waals surface area contributed by atoms with Crippen LogP contribution in [0, 0.1) is 0 Å². The first-order chi connectivity index (χ1) is 12.2. The Morgan fingerprint density at radius 3 is 2.76 bits per heavy atom. The smallest absolute Gasteiger partial charge is 0.223 e. The van der Waals surface area contributed by atoms with Gasteiger partial charge in [0.05, 0.1) is 6.54 Å². The summed E-state index contributed by atoms with van der Waals surface area (Å²) in [6, 6.07) is 0. The van der Waals surface area contributed by atoms with Crippen molar-refractivity contribution in [1.82, 2.24) is 24.6 Å². The van der Waals surface area contributed by atoms with E-state index < -0.39 is 0 Å².